The van der Waals surface area contributed by atoms with E-state index < -0.39 is 0 Å². The normalized spacial score (nSPS) is 11.0. The van der Waals surface area contributed by atoms with Crippen LogP contribution in [0, 0.1) is 0 Å². The number of benzene rings is 2. The molecule has 4 nitrogen and oxygen atoms in total. The van der Waals surface area contributed by atoms with E-state index in [-0.39, 0.29) is 0 Å². The first-order valence-corrected chi connectivity index (χ1v) is 7.84. The van der Waals surface area contributed by atoms with E-state index >= 15 is 0 Å². The monoisotopic (exact) mass is 347 g/mol. The van der Waals surface area contributed by atoms with Gasteiger partial charge in [0.2, 0.25) is 0 Å². The summed E-state index contributed by atoms with van der Waals surface area (Å²) in [5, 5.41) is 8.46. The molecular formula is C17H18ClN3OS. The first-order valence-electron chi connectivity index (χ1n) is 7.06. The third kappa shape index (κ3) is 5.23. The van der Waals surface area contributed by atoms with Crippen molar-refractivity contribution >= 4 is 34.6 Å². The van der Waals surface area contributed by atoms with Crippen molar-refractivity contribution in [1.82, 2.24) is 10.7 Å². The van der Waals surface area contributed by atoms with Gasteiger partial charge in [-0.3, -0.25) is 5.43 Å². The van der Waals surface area contributed by atoms with Gasteiger partial charge >= 0.3 is 0 Å². The number of nitrogens with zero attached hydrogens (tertiary/aromatic N) is 1. The van der Waals surface area contributed by atoms with Gasteiger partial charge < -0.3 is 10.1 Å². The van der Waals surface area contributed by atoms with Gasteiger partial charge in [-0.05, 0) is 42.9 Å². The Hall–Kier alpha value is -2.11. The van der Waals surface area contributed by atoms with Crippen LogP contribution in [-0.2, 0) is 6.54 Å². The van der Waals surface area contributed by atoms with Crippen LogP contribution < -0.4 is 15.5 Å². The molecule has 2 aromatic carbocycles. The predicted molar refractivity (Wildman–Crippen MR) is 99.2 cm³/mol. The first kappa shape index (κ1) is 17.2. The van der Waals surface area contributed by atoms with Gasteiger partial charge in [0.25, 0.3) is 0 Å². The van der Waals surface area contributed by atoms with Gasteiger partial charge in [-0.25, -0.2) is 0 Å². The second kappa shape index (κ2) is 8.50. The van der Waals surface area contributed by atoms with Crippen molar-refractivity contribution in [3.63, 3.8) is 0 Å². The number of hydrazone groups is 1. The molecule has 0 spiro atoms. The molecule has 2 rings (SSSR count). The maximum atomic E-state index is 6.03. The summed E-state index contributed by atoms with van der Waals surface area (Å²) in [5.74, 6) is 0.709. The summed E-state index contributed by atoms with van der Waals surface area (Å²) in [5.41, 5.74) is 5.53. The lowest BCUT2D eigenvalue weighted by Crippen LogP contribution is -2.32. The summed E-state index contributed by atoms with van der Waals surface area (Å²) in [6.45, 7) is 2.50. The van der Waals surface area contributed by atoms with Crippen molar-refractivity contribution in [3.8, 4) is 5.75 Å². The van der Waals surface area contributed by atoms with E-state index in [1.165, 1.54) is 0 Å². The Labute approximate surface area is 146 Å². The van der Waals surface area contributed by atoms with E-state index in [4.69, 9.17) is 28.6 Å². The average Bonchev–Trinajstić information content (AvgIpc) is 2.58. The largest absolute Gasteiger partial charge is 0.496 e. The second-order valence-corrected chi connectivity index (χ2v) is 5.67. The van der Waals surface area contributed by atoms with Crippen LogP contribution in [-0.4, -0.2) is 17.9 Å². The molecule has 2 N–H and O–H groups in total. The van der Waals surface area contributed by atoms with Crippen LogP contribution in [0.5, 0.6) is 5.75 Å². The minimum atomic E-state index is 0.453. The molecule has 0 aliphatic rings. The molecule has 0 radical (unpaired) electrons. The quantitative estimate of drug-likeness (QED) is 0.491. The number of ether oxygens (including phenoxy) is 1. The van der Waals surface area contributed by atoms with Crippen molar-refractivity contribution in [1.29, 1.82) is 0 Å². The highest BCUT2D eigenvalue weighted by Crippen LogP contribution is 2.23. The number of hydrogen-bond donors (Lipinski definition) is 2. The lowest BCUT2D eigenvalue weighted by atomic mass is 10.1. The molecule has 0 amide bonds. The van der Waals surface area contributed by atoms with E-state index in [9.17, 15) is 0 Å². The van der Waals surface area contributed by atoms with E-state index in [1.54, 1.807) is 19.2 Å². The summed E-state index contributed by atoms with van der Waals surface area (Å²) in [7, 11) is 1.61. The summed E-state index contributed by atoms with van der Waals surface area (Å²) >= 11 is 11.3. The number of nitrogens with one attached hydrogen (secondary N) is 2. The van der Waals surface area contributed by atoms with E-state index in [0.717, 1.165) is 16.8 Å². The molecule has 0 unspecified atom stereocenters. The molecule has 0 bridgehead atoms. The molecular weight excluding hydrogens is 330 g/mol. The zero-order valence-electron chi connectivity index (χ0n) is 13.0. The lowest BCUT2D eigenvalue weighted by molar-refractivity contribution is 0.414. The first-order chi connectivity index (χ1) is 11.1. The predicted octanol–water partition coefficient (Wildman–Crippen LogP) is 3.74. The van der Waals surface area contributed by atoms with Gasteiger partial charge in [0, 0.05) is 17.1 Å². The third-order valence-electron chi connectivity index (χ3n) is 3.17. The number of methoxy groups -OCH3 is 1. The third-order valence-corrected chi connectivity index (χ3v) is 3.64. The number of rotatable bonds is 5. The maximum absolute atomic E-state index is 6.03. The van der Waals surface area contributed by atoms with Crippen LogP contribution >= 0.6 is 23.8 Å². The van der Waals surface area contributed by atoms with Gasteiger partial charge in [-0.1, -0.05) is 41.9 Å². The SMILES string of the molecule is COc1ccc(Cl)cc1/C(C)=N\NC(=S)NCc1ccccc1. The Bertz CT molecular complexity index is 704. The Kier molecular flexibility index (Phi) is 6.38. The zero-order chi connectivity index (χ0) is 16.7. The molecule has 0 aliphatic heterocycles. The molecule has 0 saturated carbocycles. The van der Waals surface area contributed by atoms with E-state index in [0.29, 0.717) is 22.4 Å². The molecule has 0 aliphatic carbocycles. The summed E-state index contributed by atoms with van der Waals surface area (Å²) in [6, 6.07) is 15.4. The highest BCUT2D eigenvalue weighted by atomic mass is 35.5. The average molecular weight is 348 g/mol. The Morgan fingerprint density at radius 2 is 1.96 bits per heavy atom. The minimum absolute atomic E-state index is 0.453. The van der Waals surface area contributed by atoms with E-state index in [2.05, 4.69) is 15.8 Å². The fourth-order valence-corrected chi connectivity index (χ4v) is 2.27. The van der Waals surface area contributed by atoms with Gasteiger partial charge in [0.1, 0.15) is 5.75 Å². The molecule has 0 atom stereocenters. The van der Waals surface area contributed by atoms with Crippen LogP contribution in [0.2, 0.25) is 5.02 Å². The van der Waals surface area contributed by atoms with Gasteiger partial charge in [0.05, 0.1) is 12.8 Å². The fraction of sp³-hybridized carbons (Fsp3) is 0.176. The Morgan fingerprint density at radius 1 is 1.22 bits per heavy atom. The molecule has 0 aromatic heterocycles. The standard InChI is InChI=1S/C17H18ClN3OS/c1-12(15-10-14(18)8-9-16(15)22-2)20-21-17(23)19-11-13-6-4-3-5-7-13/h3-10H,11H2,1-2H3,(H2,19,21,23)/b20-12-. The molecule has 6 heteroatoms. The minimum Gasteiger partial charge on any atom is -0.496 e. The Morgan fingerprint density at radius 3 is 2.65 bits per heavy atom. The highest BCUT2D eigenvalue weighted by Gasteiger charge is 2.07. The number of hydrogen-bond acceptors (Lipinski definition) is 3. The zero-order valence-corrected chi connectivity index (χ0v) is 14.5. The summed E-state index contributed by atoms with van der Waals surface area (Å²) < 4.78 is 5.32. The van der Waals surface area contributed by atoms with Crippen molar-refractivity contribution in [3.05, 3.63) is 64.7 Å². The second-order valence-electron chi connectivity index (χ2n) is 4.82. The summed E-state index contributed by atoms with van der Waals surface area (Å²) in [4.78, 5) is 0. The molecule has 0 saturated heterocycles. The topological polar surface area (TPSA) is 45.6 Å². The van der Waals surface area contributed by atoms with Crippen LogP contribution in [0.15, 0.2) is 53.6 Å². The molecule has 0 fully saturated rings. The van der Waals surface area contributed by atoms with Crippen molar-refractivity contribution in [2.45, 2.75) is 13.5 Å². The number of thiocarbonyl (C=S) groups is 1. The van der Waals surface area contributed by atoms with Crippen LogP contribution in [0.4, 0.5) is 0 Å². The summed E-state index contributed by atoms with van der Waals surface area (Å²) in [6.07, 6.45) is 0. The van der Waals surface area contributed by atoms with Crippen molar-refractivity contribution < 1.29 is 4.74 Å². The van der Waals surface area contributed by atoms with Crippen molar-refractivity contribution in [2.75, 3.05) is 7.11 Å². The van der Waals surface area contributed by atoms with E-state index in [1.807, 2.05) is 43.3 Å². The van der Waals surface area contributed by atoms with Crippen LogP contribution in [0.25, 0.3) is 0 Å². The van der Waals surface area contributed by atoms with Crippen LogP contribution in [0.1, 0.15) is 18.1 Å². The molecule has 2 aromatic rings. The van der Waals surface area contributed by atoms with Crippen LogP contribution in [0.3, 0.4) is 0 Å². The molecule has 0 heterocycles. The Balaban J connectivity index is 1.96. The van der Waals surface area contributed by atoms with Crippen molar-refractivity contribution in [2.24, 2.45) is 5.10 Å². The maximum Gasteiger partial charge on any atom is 0.187 e. The molecule has 120 valence electrons. The molecule has 23 heavy (non-hydrogen) atoms. The lowest BCUT2D eigenvalue weighted by Gasteiger charge is -2.10. The van der Waals surface area contributed by atoms with Gasteiger partial charge in [-0.15, -0.1) is 0 Å². The fourth-order valence-electron chi connectivity index (χ4n) is 1.98. The highest BCUT2D eigenvalue weighted by molar-refractivity contribution is 7.80. The van der Waals surface area contributed by atoms with Gasteiger partial charge in [-0.2, -0.15) is 5.10 Å². The number of halogens is 1. The van der Waals surface area contributed by atoms with Gasteiger partial charge in [0.15, 0.2) is 5.11 Å². The smallest absolute Gasteiger partial charge is 0.187 e.